The smallest absolute Gasteiger partial charge is 0.365 e. The number of amides is 2. The van der Waals surface area contributed by atoms with Gasteiger partial charge in [0.05, 0.1) is 6.54 Å². The van der Waals surface area contributed by atoms with E-state index in [0.29, 0.717) is 0 Å². The maximum absolute atomic E-state index is 11.8. The number of hydrogen-bond acceptors (Lipinski definition) is 5. The van der Waals surface area contributed by atoms with Gasteiger partial charge in [-0.05, 0) is 19.3 Å². The summed E-state index contributed by atoms with van der Waals surface area (Å²) in [5.74, 6) is -1.82. The Bertz CT molecular complexity index is 523. The highest BCUT2D eigenvalue weighted by Crippen LogP contribution is 2.10. The van der Waals surface area contributed by atoms with Crippen LogP contribution in [0.25, 0.3) is 0 Å². The summed E-state index contributed by atoms with van der Waals surface area (Å²) in [6.07, 6.45) is 3.12. The Morgan fingerprint density at radius 2 is 2.00 bits per heavy atom. The van der Waals surface area contributed by atoms with Crippen molar-refractivity contribution in [2.45, 2.75) is 19.3 Å². The number of likely N-dealkylation sites (tertiary alicyclic amines) is 1. The number of rotatable bonds is 4. The largest absolute Gasteiger partial charge is 0.476 e. The third kappa shape index (κ3) is 3.53. The van der Waals surface area contributed by atoms with Gasteiger partial charge in [-0.2, -0.15) is 0 Å². The fourth-order valence-corrected chi connectivity index (χ4v) is 2.61. The van der Waals surface area contributed by atoms with Crippen LogP contribution in [0.5, 0.6) is 0 Å². The van der Waals surface area contributed by atoms with E-state index in [9.17, 15) is 14.4 Å². The molecule has 1 aliphatic rings. The zero-order chi connectivity index (χ0) is 14.5. The summed E-state index contributed by atoms with van der Waals surface area (Å²) in [4.78, 5) is 39.7. The predicted molar refractivity (Wildman–Crippen MR) is 71.8 cm³/mol. The van der Waals surface area contributed by atoms with Gasteiger partial charge in [-0.25, -0.2) is 9.78 Å². The number of hydrogen-bond donors (Lipinski definition) is 2. The van der Waals surface area contributed by atoms with Gasteiger partial charge < -0.3 is 15.3 Å². The number of aromatic nitrogens is 1. The number of carboxylic acids is 1. The first-order valence-electron chi connectivity index (χ1n) is 6.32. The van der Waals surface area contributed by atoms with Crippen molar-refractivity contribution in [3.8, 4) is 0 Å². The molecule has 0 unspecified atom stereocenters. The number of thiazole rings is 1. The Morgan fingerprint density at radius 3 is 2.60 bits per heavy atom. The van der Waals surface area contributed by atoms with E-state index in [-0.39, 0.29) is 23.2 Å². The number of carboxylic acid groups (broad SMARTS) is 1. The Balaban J connectivity index is 1.84. The molecule has 8 heteroatoms. The lowest BCUT2D eigenvalue weighted by Gasteiger charge is -2.26. The molecule has 0 radical (unpaired) electrons. The van der Waals surface area contributed by atoms with Gasteiger partial charge in [0.1, 0.15) is 5.69 Å². The first-order chi connectivity index (χ1) is 9.58. The fourth-order valence-electron chi connectivity index (χ4n) is 1.98. The van der Waals surface area contributed by atoms with Crippen LogP contribution in [-0.4, -0.2) is 52.4 Å². The van der Waals surface area contributed by atoms with Crippen LogP contribution >= 0.6 is 11.3 Å². The molecule has 1 aromatic rings. The molecule has 0 saturated carbocycles. The first kappa shape index (κ1) is 14.4. The molecule has 108 valence electrons. The van der Waals surface area contributed by atoms with Gasteiger partial charge in [0, 0.05) is 18.5 Å². The minimum atomic E-state index is -1.17. The normalized spacial score (nSPS) is 14.9. The number of piperidine rings is 1. The van der Waals surface area contributed by atoms with Crippen LogP contribution in [-0.2, 0) is 4.79 Å². The molecule has 0 aliphatic carbocycles. The van der Waals surface area contributed by atoms with E-state index >= 15 is 0 Å². The number of carbonyl (C=O) groups excluding carboxylic acids is 2. The lowest BCUT2D eigenvalue weighted by molar-refractivity contribution is -0.130. The minimum Gasteiger partial charge on any atom is -0.476 e. The van der Waals surface area contributed by atoms with Crippen molar-refractivity contribution in [3.05, 3.63) is 16.1 Å². The molecule has 2 heterocycles. The Kier molecular flexibility index (Phi) is 4.67. The molecular weight excluding hydrogens is 282 g/mol. The van der Waals surface area contributed by atoms with Crippen molar-refractivity contribution >= 4 is 29.1 Å². The zero-order valence-electron chi connectivity index (χ0n) is 10.8. The number of carbonyl (C=O) groups is 3. The predicted octanol–water partition coefficient (Wildman–Crippen LogP) is 0.584. The molecule has 1 saturated heterocycles. The lowest BCUT2D eigenvalue weighted by Crippen LogP contribution is -2.42. The van der Waals surface area contributed by atoms with E-state index in [2.05, 4.69) is 10.3 Å². The molecule has 2 rings (SSSR count). The topological polar surface area (TPSA) is 99.6 Å². The van der Waals surface area contributed by atoms with Crippen LogP contribution in [0.15, 0.2) is 5.38 Å². The van der Waals surface area contributed by atoms with Crippen molar-refractivity contribution in [1.29, 1.82) is 0 Å². The fraction of sp³-hybridized carbons (Fsp3) is 0.500. The van der Waals surface area contributed by atoms with Gasteiger partial charge in [-0.15, -0.1) is 11.3 Å². The average molecular weight is 297 g/mol. The van der Waals surface area contributed by atoms with Crippen molar-refractivity contribution in [2.75, 3.05) is 19.6 Å². The van der Waals surface area contributed by atoms with Gasteiger partial charge in [-0.3, -0.25) is 9.59 Å². The highest BCUT2D eigenvalue weighted by atomic mass is 32.1. The Morgan fingerprint density at radius 1 is 1.30 bits per heavy atom. The summed E-state index contributed by atoms with van der Waals surface area (Å²) in [5.41, 5.74) is 0.0267. The minimum absolute atomic E-state index is 0.0267. The molecule has 1 aliphatic heterocycles. The molecule has 0 spiro atoms. The van der Waals surface area contributed by atoms with Crippen LogP contribution < -0.4 is 5.32 Å². The molecule has 1 aromatic heterocycles. The van der Waals surface area contributed by atoms with Crippen LogP contribution in [0.2, 0.25) is 0 Å². The van der Waals surface area contributed by atoms with E-state index < -0.39 is 11.9 Å². The van der Waals surface area contributed by atoms with Crippen molar-refractivity contribution in [3.63, 3.8) is 0 Å². The molecule has 0 atom stereocenters. The third-order valence-electron chi connectivity index (χ3n) is 3.03. The lowest BCUT2D eigenvalue weighted by atomic mass is 10.1. The maximum atomic E-state index is 11.8. The Labute approximate surface area is 119 Å². The monoisotopic (exact) mass is 297 g/mol. The molecule has 2 N–H and O–H groups in total. The van der Waals surface area contributed by atoms with E-state index in [1.54, 1.807) is 4.90 Å². The summed E-state index contributed by atoms with van der Waals surface area (Å²) in [5, 5.41) is 12.4. The quantitative estimate of drug-likeness (QED) is 0.847. The number of nitrogens with one attached hydrogen (secondary N) is 1. The second-order valence-corrected chi connectivity index (χ2v) is 5.33. The molecule has 1 fully saturated rings. The summed E-state index contributed by atoms with van der Waals surface area (Å²) >= 11 is 0.881. The summed E-state index contributed by atoms with van der Waals surface area (Å²) in [7, 11) is 0. The second-order valence-electron chi connectivity index (χ2n) is 4.47. The van der Waals surface area contributed by atoms with Crippen LogP contribution in [0.4, 0.5) is 0 Å². The Hall–Kier alpha value is -1.96. The number of nitrogens with zero attached hydrogens (tertiary/aromatic N) is 2. The van der Waals surface area contributed by atoms with Gasteiger partial charge in [-0.1, -0.05) is 0 Å². The molecule has 0 bridgehead atoms. The molecule has 2 amide bonds. The summed E-state index contributed by atoms with van der Waals surface area (Å²) in [6.45, 7) is 1.38. The summed E-state index contributed by atoms with van der Waals surface area (Å²) < 4.78 is 0. The van der Waals surface area contributed by atoms with Gasteiger partial charge in [0.15, 0.2) is 0 Å². The zero-order valence-corrected chi connectivity index (χ0v) is 11.6. The maximum Gasteiger partial charge on any atom is 0.365 e. The van der Waals surface area contributed by atoms with E-state index in [4.69, 9.17) is 5.11 Å². The molecule has 7 nitrogen and oxygen atoms in total. The third-order valence-corrected chi connectivity index (χ3v) is 3.86. The molecule has 0 aromatic carbocycles. The van der Waals surface area contributed by atoms with E-state index in [1.165, 1.54) is 5.38 Å². The number of aromatic carboxylic acids is 1. The van der Waals surface area contributed by atoms with Crippen LogP contribution in [0.3, 0.4) is 0 Å². The summed E-state index contributed by atoms with van der Waals surface area (Å²) in [6, 6.07) is 0. The van der Waals surface area contributed by atoms with Crippen LogP contribution in [0.1, 0.15) is 39.6 Å². The van der Waals surface area contributed by atoms with Crippen LogP contribution in [0, 0.1) is 0 Å². The van der Waals surface area contributed by atoms with Crippen molar-refractivity contribution in [2.24, 2.45) is 0 Å². The van der Waals surface area contributed by atoms with Gasteiger partial charge in [0.2, 0.25) is 10.9 Å². The second kappa shape index (κ2) is 6.47. The van der Waals surface area contributed by atoms with Crippen molar-refractivity contribution in [1.82, 2.24) is 15.2 Å². The first-order valence-corrected chi connectivity index (χ1v) is 7.20. The standard InChI is InChI=1S/C12H15N3O4S/c16-9(15-4-2-1-3-5-15)6-13-10(17)8-7-20-11(14-8)12(18)19/h7H,1-6H2,(H,13,17)(H,18,19). The average Bonchev–Trinajstić information content (AvgIpc) is 2.95. The molecular formula is C12H15N3O4S. The highest BCUT2D eigenvalue weighted by Gasteiger charge is 2.19. The SMILES string of the molecule is O=C(NCC(=O)N1CCCCC1)c1csc(C(=O)O)n1. The van der Waals surface area contributed by atoms with E-state index in [0.717, 1.165) is 43.7 Å². The molecule has 20 heavy (non-hydrogen) atoms. The highest BCUT2D eigenvalue weighted by molar-refractivity contribution is 7.11. The van der Waals surface area contributed by atoms with Crippen molar-refractivity contribution < 1.29 is 19.5 Å². The van der Waals surface area contributed by atoms with E-state index in [1.807, 2.05) is 0 Å². The van der Waals surface area contributed by atoms with Gasteiger partial charge >= 0.3 is 5.97 Å². The van der Waals surface area contributed by atoms with Gasteiger partial charge in [0.25, 0.3) is 5.91 Å².